The van der Waals surface area contributed by atoms with Gasteiger partial charge in [0, 0.05) is 18.7 Å². The SMILES string of the molecule is CCOc1cc(C(=O)NCc2nc3ccccc3s2)ccc1OCC(=O)N1CCCCC1. The summed E-state index contributed by atoms with van der Waals surface area (Å²) in [7, 11) is 0. The number of aromatic nitrogens is 1. The van der Waals surface area contributed by atoms with Crippen molar-refractivity contribution in [3.63, 3.8) is 0 Å². The number of amides is 2. The number of ether oxygens (including phenoxy) is 2. The third-order valence-electron chi connectivity index (χ3n) is 5.30. The Kier molecular flexibility index (Phi) is 7.21. The summed E-state index contributed by atoms with van der Waals surface area (Å²) in [5.41, 5.74) is 1.39. The Hall–Kier alpha value is -3.13. The zero-order valence-corrected chi connectivity index (χ0v) is 19.0. The van der Waals surface area contributed by atoms with Gasteiger partial charge in [0.25, 0.3) is 11.8 Å². The van der Waals surface area contributed by atoms with Gasteiger partial charge in [0.1, 0.15) is 5.01 Å². The molecule has 7 nitrogen and oxygen atoms in total. The molecule has 32 heavy (non-hydrogen) atoms. The van der Waals surface area contributed by atoms with E-state index >= 15 is 0 Å². The highest BCUT2D eigenvalue weighted by Gasteiger charge is 2.18. The van der Waals surface area contributed by atoms with Crippen molar-refractivity contribution in [2.75, 3.05) is 26.3 Å². The molecule has 3 aromatic rings. The highest BCUT2D eigenvalue weighted by Crippen LogP contribution is 2.29. The number of nitrogens with zero attached hydrogens (tertiary/aromatic N) is 2. The fraction of sp³-hybridized carbons (Fsp3) is 0.375. The second-order valence-corrected chi connectivity index (χ2v) is 8.70. The Morgan fingerprint density at radius 2 is 1.88 bits per heavy atom. The van der Waals surface area contributed by atoms with E-state index in [9.17, 15) is 9.59 Å². The van der Waals surface area contributed by atoms with Gasteiger partial charge in [-0.2, -0.15) is 0 Å². The first-order valence-electron chi connectivity index (χ1n) is 10.9. The molecule has 2 heterocycles. The van der Waals surface area contributed by atoms with E-state index in [2.05, 4.69) is 10.3 Å². The number of nitrogens with one attached hydrogen (secondary N) is 1. The number of carbonyl (C=O) groups is 2. The van der Waals surface area contributed by atoms with Gasteiger partial charge in [-0.1, -0.05) is 12.1 Å². The highest BCUT2D eigenvalue weighted by atomic mass is 32.1. The molecule has 2 amide bonds. The normalized spacial score (nSPS) is 13.7. The van der Waals surface area contributed by atoms with Crippen LogP contribution in [0.5, 0.6) is 11.5 Å². The van der Waals surface area contributed by atoms with Crippen molar-refractivity contribution in [3.8, 4) is 11.5 Å². The molecule has 1 aliphatic rings. The van der Waals surface area contributed by atoms with Crippen molar-refractivity contribution in [3.05, 3.63) is 53.0 Å². The Morgan fingerprint density at radius 1 is 1.06 bits per heavy atom. The van der Waals surface area contributed by atoms with Crippen LogP contribution in [-0.2, 0) is 11.3 Å². The molecule has 168 valence electrons. The van der Waals surface area contributed by atoms with Gasteiger partial charge in [-0.15, -0.1) is 11.3 Å². The molecular formula is C24H27N3O4S. The number of fused-ring (bicyclic) bond motifs is 1. The lowest BCUT2D eigenvalue weighted by molar-refractivity contribution is -0.134. The standard InChI is InChI=1S/C24H27N3O4S/c1-2-30-20-14-17(10-11-19(20)31-16-23(28)27-12-6-3-7-13-27)24(29)25-15-22-26-18-8-4-5-9-21(18)32-22/h4-5,8-11,14H,2-3,6-7,12-13,15-16H2,1H3,(H,25,29). The molecule has 8 heteroatoms. The molecule has 1 aromatic heterocycles. The van der Waals surface area contributed by atoms with Gasteiger partial charge in [0.2, 0.25) is 0 Å². The van der Waals surface area contributed by atoms with Crippen LogP contribution < -0.4 is 14.8 Å². The van der Waals surface area contributed by atoms with Crippen molar-refractivity contribution in [1.29, 1.82) is 0 Å². The van der Waals surface area contributed by atoms with E-state index in [-0.39, 0.29) is 18.4 Å². The molecule has 0 spiro atoms. The van der Waals surface area contributed by atoms with E-state index in [1.807, 2.05) is 36.1 Å². The molecular weight excluding hydrogens is 426 g/mol. The molecule has 4 rings (SSSR count). The average Bonchev–Trinajstić information content (AvgIpc) is 3.25. The lowest BCUT2D eigenvalue weighted by atomic mass is 10.1. The smallest absolute Gasteiger partial charge is 0.260 e. The van der Waals surface area contributed by atoms with Crippen LogP contribution in [-0.4, -0.2) is 48.0 Å². The monoisotopic (exact) mass is 453 g/mol. The number of thiazole rings is 1. The molecule has 0 unspecified atom stereocenters. The Morgan fingerprint density at radius 3 is 2.66 bits per heavy atom. The van der Waals surface area contributed by atoms with Gasteiger partial charge in [-0.05, 0) is 56.5 Å². The van der Waals surface area contributed by atoms with Crippen molar-refractivity contribution < 1.29 is 19.1 Å². The van der Waals surface area contributed by atoms with Crippen LogP contribution in [0.1, 0.15) is 41.6 Å². The van der Waals surface area contributed by atoms with Crippen LogP contribution in [0.4, 0.5) is 0 Å². The summed E-state index contributed by atoms with van der Waals surface area (Å²) in [5, 5.41) is 3.76. The number of hydrogen-bond acceptors (Lipinski definition) is 6. The lowest BCUT2D eigenvalue weighted by Crippen LogP contribution is -2.38. The summed E-state index contributed by atoms with van der Waals surface area (Å²) in [6, 6.07) is 12.9. The summed E-state index contributed by atoms with van der Waals surface area (Å²) < 4.78 is 12.5. The number of rotatable bonds is 8. The zero-order chi connectivity index (χ0) is 22.3. The molecule has 0 aliphatic carbocycles. The molecule has 0 radical (unpaired) electrons. The first-order valence-corrected chi connectivity index (χ1v) is 11.8. The van der Waals surface area contributed by atoms with Crippen molar-refractivity contribution in [1.82, 2.24) is 15.2 Å². The third kappa shape index (κ3) is 5.37. The summed E-state index contributed by atoms with van der Waals surface area (Å²) in [6.45, 7) is 4.17. The van der Waals surface area contributed by atoms with Gasteiger partial charge < -0.3 is 19.7 Å². The van der Waals surface area contributed by atoms with Crippen LogP contribution >= 0.6 is 11.3 Å². The molecule has 1 N–H and O–H groups in total. The first-order chi connectivity index (χ1) is 15.6. The summed E-state index contributed by atoms with van der Waals surface area (Å²) in [4.78, 5) is 31.5. The van der Waals surface area contributed by atoms with Crippen LogP contribution in [0.25, 0.3) is 10.2 Å². The molecule has 0 bridgehead atoms. The maximum atomic E-state index is 12.7. The lowest BCUT2D eigenvalue weighted by Gasteiger charge is -2.26. The second kappa shape index (κ2) is 10.5. The Balaban J connectivity index is 1.38. The number of para-hydroxylation sites is 1. The quantitative estimate of drug-likeness (QED) is 0.557. The maximum Gasteiger partial charge on any atom is 0.260 e. The number of carbonyl (C=O) groups excluding carboxylic acids is 2. The van der Waals surface area contributed by atoms with E-state index in [1.165, 1.54) is 6.42 Å². The fourth-order valence-electron chi connectivity index (χ4n) is 3.66. The number of hydrogen-bond donors (Lipinski definition) is 1. The largest absolute Gasteiger partial charge is 0.490 e. The van der Waals surface area contributed by atoms with Gasteiger partial charge in [-0.3, -0.25) is 9.59 Å². The first kappa shape index (κ1) is 22.1. The minimum atomic E-state index is -0.221. The van der Waals surface area contributed by atoms with E-state index < -0.39 is 0 Å². The Labute approximate surface area is 191 Å². The molecule has 1 fully saturated rings. The van der Waals surface area contributed by atoms with Crippen molar-refractivity contribution in [2.24, 2.45) is 0 Å². The minimum Gasteiger partial charge on any atom is -0.490 e. The van der Waals surface area contributed by atoms with E-state index in [0.29, 0.717) is 30.2 Å². The predicted molar refractivity (Wildman–Crippen MR) is 124 cm³/mol. The molecule has 0 saturated carbocycles. The van der Waals surface area contributed by atoms with Crippen LogP contribution in [0.15, 0.2) is 42.5 Å². The van der Waals surface area contributed by atoms with Gasteiger partial charge in [0.05, 0.1) is 23.4 Å². The highest BCUT2D eigenvalue weighted by molar-refractivity contribution is 7.18. The van der Waals surface area contributed by atoms with Gasteiger partial charge >= 0.3 is 0 Å². The topological polar surface area (TPSA) is 80.8 Å². The third-order valence-corrected chi connectivity index (χ3v) is 6.34. The van der Waals surface area contributed by atoms with E-state index in [4.69, 9.17) is 9.47 Å². The molecule has 1 aliphatic heterocycles. The zero-order valence-electron chi connectivity index (χ0n) is 18.1. The summed E-state index contributed by atoms with van der Waals surface area (Å²) >= 11 is 1.56. The second-order valence-electron chi connectivity index (χ2n) is 7.58. The molecule has 0 atom stereocenters. The number of piperidine rings is 1. The molecule has 1 saturated heterocycles. The van der Waals surface area contributed by atoms with Gasteiger partial charge in [-0.25, -0.2) is 4.98 Å². The van der Waals surface area contributed by atoms with Crippen molar-refractivity contribution >= 4 is 33.4 Å². The van der Waals surface area contributed by atoms with E-state index in [1.54, 1.807) is 29.5 Å². The van der Waals surface area contributed by atoms with Crippen molar-refractivity contribution in [2.45, 2.75) is 32.7 Å². The maximum absolute atomic E-state index is 12.7. The average molecular weight is 454 g/mol. The number of benzene rings is 2. The van der Waals surface area contributed by atoms with Gasteiger partial charge in [0.15, 0.2) is 18.1 Å². The molecule has 2 aromatic carbocycles. The van der Waals surface area contributed by atoms with E-state index in [0.717, 1.165) is 41.2 Å². The summed E-state index contributed by atoms with van der Waals surface area (Å²) in [6.07, 6.45) is 3.25. The summed E-state index contributed by atoms with van der Waals surface area (Å²) in [5.74, 6) is 0.664. The Bertz CT molecular complexity index is 1060. The van der Waals surface area contributed by atoms with Crippen LogP contribution in [0, 0.1) is 0 Å². The van der Waals surface area contributed by atoms with Crippen LogP contribution in [0.3, 0.4) is 0 Å². The fourth-order valence-corrected chi connectivity index (χ4v) is 4.57. The minimum absolute atomic E-state index is 0.0233. The van der Waals surface area contributed by atoms with Crippen LogP contribution in [0.2, 0.25) is 0 Å². The predicted octanol–water partition coefficient (Wildman–Crippen LogP) is 4.02. The number of likely N-dealkylation sites (tertiary alicyclic amines) is 1.